The maximum absolute atomic E-state index is 13.0. The van der Waals surface area contributed by atoms with Crippen molar-refractivity contribution in [1.29, 1.82) is 0 Å². The van der Waals surface area contributed by atoms with Crippen molar-refractivity contribution in [2.24, 2.45) is 4.99 Å². The van der Waals surface area contributed by atoms with Crippen molar-refractivity contribution in [3.05, 3.63) is 120 Å². The van der Waals surface area contributed by atoms with Gasteiger partial charge in [0.2, 0.25) is 0 Å². The molecule has 0 aliphatic rings. The number of rotatable bonds is 6. The van der Waals surface area contributed by atoms with Gasteiger partial charge >= 0.3 is 6.09 Å². The molecule has 0 fully saturated rings. The fourth-order valence-electron chi connectivity index (χ4n) is 3.72. The van der Waals surface area contributed by atoms with Crippen molar-refractivity contribution in [3.8, 4) is 0 Å². The molecule has 0 radical (unpaired) electrons. The highest BCUT2D eigenvalue weighted by atomic mass is 16.5. The molecule has 0 heterocycles. The van der Waals surface area contributed by atoms with Gasteiger partial charge in [-0.3, -0.25) is 4.79 Å². The number of carbonyl (C=O) groups is 2. The molecule has 0 bridgehead atoms. The van der Waals surface area contributed by atoms with E-state index in [4.69, 9.17) is 4.74 Å². The van der Waals surface area contributed by atoms with Crippen LogP contribution in [0.5, 0.6) is 0 Å². The monoisotopic (exact) mass is 436 g/mol. The van der Waals surface area contributed by atoms with Gasteiger partial charge in [-0.1, -0.05) is 84.9 Å². The van der Waals surface area contributed by atoms with E-state index in [1.54, 1.807) is 12.1 Å². The zero-order chi connectivity index (χ0) is 23.0. The first-order valence-corrected chi connectivity index (χ1v) is 10.7. The number of amides is 2. The second kappa shape index (κ2) is 10.4. The summed E-state index contributed by atoms with van der Waals surface area (Å²) in [6.07, 6.45) is -0.365. The Bertz CT molecular complexity index is 1280. The number of fused-ring (bicyclic) bond motifs is 1. The Labute approximate surface area is 192 Å². The van der Waals surface area contributed by atoms with E-state index in [1.165, 1.54) is 7.11 Å². The summed E-state index contributed by atoms with van der Waals surface area (Å²) in [5.41, 5.74) is 2.82. The van der Waals surface area contributed by atoms with Crippen molar-refractivity contribution in [1.82, 2.24) is 5.32 Å². The fourth-order valence-corrected chi connectivity index (χ4v) is 3.72. The summed E-state index contributed by atoms with van der Waals surface area (Å²) in [4.78, 5) is 29.3. The minimum atomic E-state index is -0.680. The predicted molar refractivity (Wildman–Crippen MR) is 131 cm³/mol. The molecule has 0 aromatic heterocycles. The Kier molecular flexibility index (Phi) is 6.90. The molecule has 5 heteroatoms. The molecular formula is C28H24N2O3. The molecule has 164 valence electrons. The van der Waals surface area contributed by atoms with E-state index in [1.807, 2.05) is 84.9 Å². The predicted octanol–water partition coefficient (Wildman–Crippen LogP) is 5.96. The zero-order valence-corrected chi connectivity index (χ0v) is 18.3. The quantitative estimate of drug-likeness (QED) is 0.379. The molecule has 2 amide bonds. The first kappa shape index (κ1) is 22.0. The molecule has 0 unspecified atom stereocenters. The van der Waals surface area contributed by atoms with Crippen LogP contribution in [0.2, 0.25) is 0 Å². The third-order valence-corrected chi connectivity index (χ3v) is 5.42. The van der Waals surface area contributed by atoms with Crippen LogP contribution < -0.4 is 5.32 Å². The lowest BCUT2D eigenvalue weighted by Gasteiger charge is -2.21. The number of hydrogen-bond acceptors (Lipinski definition) is 3. The third kappa shape index (κ3) is 5.52. The van der Waals surface area contributed by atoms with Crippen molar-refractivity contribution in [2.75, 3.05) is 7.11 Å². The second-order valence-electron chi connectivity index (χ2n) is 7.60. The second-order valence-corrected chi connectivity index (χ2v) is 7.60. The van der Waals surface area contributed by atoms with Crippen LogP contribution in [0.3, 0.4) is 0 Å². The molecule has 1 atom stereocenters. The molecule has 0 spiro atoms. The Hall–Kier alpha value is -4.25. The summed E-state index contributed by atoms with van der Waals surface area (Å²) in [5, 5.41) is 5.32. The summed E-state index contributed by atoms with van der Waals surface area (Å²) in [5.74, 6) is -0.195. The minimum Gasteiger partial charge on any atom is -0.451 e. The zero-order valence-electron chi connectivity index (χ0n) is 18.3. The van der Waals surface area contributed by atoms with Gasteiger partial charge in [0.15, 0.2) is 0 Å². The number of ether oxygens (including phenoxy) is 1. The molecule has 0 saturated carbocycles. The van der Waals surface area contributed by atoms with E-state index >= 15 is 0 Å². The van der Waals surface area contributed by atoms with Gasteiger partial charge in [-0.05, 0) is 40.1 Å². The lowest BCUT2D eigenvalue weighted by atomic mass is 9.95. The van der Waals surface area contributed by atoms with Crippen molar-refractivity contribution < 1.29 is 14.3 Å². The van der Waals surface area contributed by atoms with Crippen LogP contribution in [0.1, 0.15) is 33.9 Å². The average Bonchev–Trinajstić information content (AvgIpc) is 2.88. The minimum absolute atomic E-state index is 0.195. The summed E-state index contributed by atoms with van der Waals surface area (Å²) in [6, 6.07) is 32.3. The number of carbonyl (C=O) groups excluding carboxylic acids is 2. The first-order valence-electron chi connectivity index (χ1n) is 10.7. The highest BCUT2D eigenvalue weighted by molar-refractivity contribution is 6.06. The van der Waals surface area contributed by atoms with Gasteiger partial charge in [0, 0.05) is 12.0 Å². The molecule has 4 aromatic carbocycles. The fraction of sp³-hybridized carbons (Fsp3) is 0.107. The van der Waals surface area contributed by atoms with Gasteiger partial charge in [0.05, 0.1) is 18.9 Å². The molecule has 4 rings (SSSR count). The normalized spacial score (nSPS) is 12.2. The van der Waals surface area contributed by atoms with Crippen LogP contribution in [0.25, 0.3) is 10.8 Å². The third-order valence-electron chi connectivity index (χ3n) is 5.42. The van der Waals surface area contributed by atoms with Crippen LogP contribution in [-0.2, 0) is 4.74 Å². The Morgan fingerprint density at radius 3 is 2.06 bits per heavy atom. The van der Waals surface area contributed by atoms with Gasteiger partial charge in [-0.15, -0.1) is 0 Å². The van der Waals surface area contributed by atoms with Crippen LogP contribution >= 0.6 is 0 Å². The van der Waals surface area contributed by atoms with E-state index < -0.39 is 12.1 Å². The highest BCUT2D eigenvalue weighted by Gasteiger charge is 2.20. The first-order chi connectivity index (χ1) is 16.1. The Morgan fingerprint density at radius 1 is 0.788 bits per heavy atom. The highest BCUT2D eigenvalue weighted by Crippen LogP contribution is 2.25. The number of nitrogens with zero attached hydrogens (tertiary/aromatic N) is 1. The summed E-state index contributed by atoms with van der Waals surface area (Å²) >= 11 is 0. The molecule has 0 aliphatic heterocycles. The van der Waals surface area contributed by atoms with Crippen LogP contribution in [-0.4, -0.2) is 24.8 Å². The largest absolute Gasteiger partial charge is 0.451 e. The molecule has 33 heavy (non-hydrogen) atoms. The number of nitrogens with one attached hydrogen (secondary N) is 1. The van der Waals surface area contributed by atoms with Crippen LogP contribution in [0.4, 0.5) is 4.79 Å². The maximum Gasteiger partial charge on any atom is 0.433 e. The van der Waals surface area contributed by atoms with E-state index in [9.17, 15) is 9.59 Å². The van der Waals surface area contributed by atoms with Crippen LogP contribution in [0, 0.1) is 0 Å². The standard InChI is InChI=1S/C28H24N2O3/c1-33-28(32)30-25(21-11-4-2-5-12-21)19-26(29-27(31)22-13-6-3-7-14-22)24-17-16-20-10-8-9-15-23(20)18-24/h2-18,26H,19H2,1H3,(H,29,31)/b30-25-/t26-/m0/s1. The number of methoxy groups -OCH3 is 1. The van der Waals surface area contributed by atoms with Gasteiger partial charge in [-0.2, -0.15) is 4.99 Å². The van der Waals surface area contributed by atoms with E-state index in [0.29, 0.717) is 17.7 Å². The van der Waals surface area contributed by atoms with Crippen molar-refractivity contribution in [3.63, 3.8) is 0 Å². The molecule has 4 aromatic rings. The lowest BCUT2D eigenvalue weighted by Crippen LogP contribution is -2.30. The summed E-state index contributed by atoms with van der Waals surface area (Å²) < 4.78 is 4.78. The van der Waals surface area contributed by atoms with Gasteiger partial charge in [-0.25, -0.2) is 4.79 Å². The lowest BCUT2D eigenvalue weighted by molar-refractivity contribution is 0.0938. The van der Waals surface area contributed by atoms with Gasteiger partial charge < -0.3 is 10.1 Å². The van der Waals surface area contributed by atoms with Gasteiger partial charge in [0.1, 0.15) is 0 Å². The van der Waals surface area contributed by atoms with Crippen molar-refractivity contribution >= 4 is 28.5 Å². The van der Waals surface area contributed by atoms with E-state index in [0.717, 1.165) is 21.9 Å². The Morgan fingerprint density at radius 2 is 1.39 bits per heavy atom. The summed E-state index contributed by atoms with van der Waals surface area (Å²) in [6.45, 7) is 0. The van der Waals surface area contributed by atoms with E-state index in [-0.39, 0.29) is 5.91 Å². The number of hydrogen-bond donors (Lipinski definition) is 1. The van der Waals surface area contributed by atoms with Gasteiger partial charge in [0.25, 0.3) is 5.91 Å². The van der Waals surface area contributed by atoms with Crippen LogP contribution in [0.15, 0.2) is 108 Å². The number of aliphatic imine (C=N–C) groups is 1. The number of benzene rings is 4. The molecule has 0 aliphatic carbocycles. The smallest absolute Gasteiger partial charge is 0.433 e. The topological polar surface area (TPSA) is 67.8 Å². The maximum atomic E-state index is 13.0. The molecule has 0 saturated heterocycles. The van der Waals surface area contributed by atoms with Crippen molar-refractivity contribution in [2.45, 2.75) is 12.5 Å². The molecule has 1 N–H and O–H groups in total. The average molecular weight is 437 g/mol. The SMILES string of the molecule is COC(=O)/N=C(/C[C@H](NC(=O)c1ccccc1)c1ccc2ccccc2c1)c1ccccc1. The Balaban J connectivity index is 1.73. The summed E-state index contributed by atoms with van der Waals surface area (Å²) in [7, 11) is 1.30. The molecular weight excluding hydrogens is 412 g/mol. The van der Waals surface area contributed by atoms with E-state index in [2.05, 4.69) is 16.4 Å². The molecule has 5 nitrogen and oxygen atoms in total.